The normalized spacial score (nSPS) is 11.9. The van der Waals surface area contributed by atoms with E-state index in [2.05, 4.69) is 15.1 Å². The fourth-order valence-corrected chi connectivity index (χ4v) is 4.16. The first kappa shape index (κ1) is 18.1. The van der Waals surface area contributed by atoms with Gasteiger partial charge in [0.25, 0.3) is 0 Å². The highest BCUT2D eigenvalue weighted by Gasteiger charge is 2.18. The second kappa shape index (κ2) is 6.71. The van der Waals surface area contributed by atoms with Gasteiger partial charge in [-0.3, -0.25) is 0 Å². The van der Waals surface area contributed by atoms with Gasteiger partial charge in [-0.2, -0.15) is 4.52 Å². The predicted octanol–water partition coefficient (Wildman–Crippen LogP) is 2.02. The predicted molar refractivity (Wildman–Crippen MR) is 101 cm³/mol. The number of fused-ring (bicyclic) bond motifs is 3. The summed E-state index contributed by atoms with van der Waals surface area (Å²) >= 11 is 0. The number of rotatable bonds is 5. The number of hydrogen-bond donors (Lipinski definition) is 1. The van der Waals surface area contributed by atoms with Crippen molar-refractivity contribution < 1.29 is 17.5 Å². The number of hydrogen-bond acceptors (Lipinski definition) is 7. The molecular weight excluding hydrogens is 385 g/mol. The maximum atomic E-state index is 13.0. The summed E-state index contributed by atoms with van der Waals surface area (Å²) in [5.74, 6) is 0.271. The average Bonchev–Trinajstić information content (AvgIpc) is 3.12. The van der Waals surface area contributed by atoms with Crippen molar-refractivity contribution in [3.63, 3.8) is 0 Å². The lowest BCUT2D eigenvalue weighted by atomic mass is 10.2. The Kier molecular flexibility index (Phi) is 4.34. The van der Waals surface area contributed by atoms with E-state index in [-0.39, 0.29) is 23.0 Å². The second-order valence-corrected chi connectivity index (χ2v) is 8.22. The molecule has 2 heterocycles. The summed E-state index contributed by atoms with van der Waals surface area (Å²) in [6.07, 6.45) is 0.0757. The fraction of sp³-hybridized carbons (Fsp3) is 0.167. The number of aromatic nitrogens is 4. The van der Waals surface area contributed by atoms with Gasteiger partial charge in [0.2, 0.25) is 5.95 Å². The van der Waals surface area contributed by atoms with Gasteiger partial charge in [-0.25, -0.2) is 22.8 Å². The highest BCUT2D eigenvalue weighted by Crippen LogP contribution is 2.27. The maximum Gasteiger partial charge on any atom is 0.223 e. The number of sulfone groups is 1. The molecule has 0 radical (unpaired) electrons. The van der Waals surface area contributed by atoms with Gasteiger partial charge < -0.3 is 10.5 Å². The third kappa shape index (κ3) is 3.11. The minimum atomic E-state index is -3.60. The van der Waals surface area contributed by atoms with Crippen LogP contribution in [0.3, 0.4) is 0 Å². The number of nitrogen functional groups attached to an aromatic ring is 1. The Labute approximate surface area is 159 Å². The van der Waals surface area contributed by atoms with E-state index in [4.69, 9.17) is 10.5 Å². The summed E-state index contributed by atoms with van der Waals surface area (Å²) in [6.45, 7) is 0. The molecule has 28 heavy (non-hydrogen) atoms. The molecule has 0 aliphatic heterocycles. The summed E-state index contributed by atoms with van der Waals surface area (Å²) in [4.78, 5) is 8.80. The van der Waals surface area contributed by atoms with Gasteiger partial charge in [-0.05, 0) is 36.4 Å². The standard InChI is InChI=1S/C18H16FN5O3S/c1-27-14-4-2-3-13-16(14)22-18(20)24-17(13)21-15(23-24)9-10-28(25,26)12-7-5-11(19)6-8-12/h2-8H,9-10H2,1H3,(H2,20,22). The fourth-order valence-electron chi connectivity index (χ4n) is 2.92. The summed E-state index contributed by atoms with van der Waals surface area (Å²) < 4.78 is 44.6. The number of nitrogens with zero attached hydrogens (tertiary/aromatic N) is 4. The highest BCUT2D eigenvalue weighted by atomic mass is 32.2. The Morgan fingerprint density at radius 2 is 1.89 bits per heavy atom. The van der Waals surface area contributed by atoms with Crippen LogP contribution < -0.4 is 10.5 Å². The molecule has 0 aliphatic rings. The van der Waals surface area contributed by atoms with Gasteiger partial charge in [-0.1, -0.05) is 6.07 Å². The molecule has 4 aromatic rings. The second-order valence-electron chi connectivity index (χ2n) is 6.11. The zero-order chi connectivity index (χ0) is 19.9. The lowest BCUT2D eigenvalue weighted by Crippen LogP contribution is -2.10. The molecule has 0 unspecified atom stereocenters. The minimum absolute atomic E-state index is 0.0500. The summed E-state index contributed by atoms with van der Waals surface area (Å²) in [6, 6.07) is 10.1. The Morgan fingerprint density at radius 3 is 2.61 bits per heavy atom. The number of methoxy groups -OCH3 is 1. The number of aryl methyl sites for hydroxylation is 1. The topological polar surface area (TPSA) is 112 Å². The minimum Gasteiger partial charge on any atom is -0.494 e. The van der Waals surface area contributed by atoms with E-state index in [0.29, 0.717) is 28.1 Å². The van der Waals surface area contributed by atoms with Crippen LogP contribution >= 0.6 is 0 Å². The van der Waals surface area contributed by atoms with E-state index in [1.807, 2.05) is 6.07 Å². The summed E-state index contributed by atoms with van der Waals surface area (Å²) in [7, 11) is -2.06. The third-order valence-electron chi connectivity index (χ3n) is 4.32. The lowest BCUT2D eigenvalue weighted by molar-refractivity contribution is 0.419. The van der Waals surface area contributed by atoms with Gasteiger partial charge in [0, 0.05) is 11.8 Å². The van der Waals surface area contributed by atoms with Crippen molar-refractivity contribution in [3.05, 3.63) is 54.1 Å². The van der Waals surface area contributed by atoms with Crippen LogP contribution in [0.25, 0.3) is 16.6 Å². The maximum absolute atomic E-state index is 13.0. The van der Waals surface area contributed by atoms with Gasteiger partial charge in [0.05, 0.1) is 17.8 Å². The van der Waals surface area contributed by atoms with Crippen LogP contribution in [-0.4, -0.2) is 40.9 Å². The van der Waals surface area contributed by atoms with Crippen molar-refractivity contribution in [2.75, 3.05) is 18.6 Å². The lowest BCUT2D eigenvalue weighted by Gasteiger charge is -2.06. The first-order valence-electron chi connectivity index (χ1n) is 8.35. The molecular formula is C18H16FN5O3S. The summed E-state index contributed by atoms with van der Waals surface area (Å²) in [5.41, 5.74) is 7.00. The molecule has 10 heteroatoms. The molecule has 2 N–H and O–H groups in total. The van der Waals surface area contributed by atoms with Gasteiger partial charge in [-0.15, -0.1) is 5.10 Å². The molecule has 0 saturated heterocycles. The molecule has 0 spiro atoms. The van der Waals surface area contributed by atoms with Crippen LogP contribution in [0, 0.1) is 5.82 Å². The van der Waals surface area contributed by atoms with Crippen LogP contribution in [0.2, 0.25) is 0 Å². The first-order chi connectivity index (χ1) is 13.4. The van der Waals surface area contributed by atoms with E-state index in [0.717, 1.165) is 12.1 Å². The van der Waals surface area contributed by atoms with Gasteiger partial charge in [0.15, 0.2) is 21.3 Å². The van der Waals surface area contributed by atoms with Crippen molar-refractivity contribution in [3.8, 4) is 5.75 Å². The van der Waals surface area contributed by atoms with Crippen molar-refractivity contribution in [1.82, 2.24) is 19.6 Å². The monoisotopic (exact) mass is 401 g/mol. The number of halogens is 1. The van der Waals surface area contributed by atoms with Gasteiger partial charge in [0.1, 0.15) is 17.1 Å². The highest BCUT2D eigenvalue weighted by molar-refractivity contribution is 7.91. The Morgan fingerprint density at radius 1 is 1.14 bits per heavy atom. The number of ether oxygens (including phenoxy) is 1. The molecule has 2 aromatic carbocycles. The average molecular weight is 401 g/mol. The Bertz CT molecular complexity index is 1290. The molecule has 8 nitrogen and oxygen atoms in total. The molecule has 0 bridgehead atoms. The molecule has 0 aliphatic carbocycles. The van der Waals surface area contributed by atoms with Crippen LogP contribution in [0.5, 0.6) is 5.75 Å². The largest absolute Gasteiger partial charge is 0.494 e. The van der Waals surface area contributed by atoms with E-state index < -0.39 is 15.7 Å². The molecule has 0 saturated carbocycles. The van der Waals surface area contributed by atoms with E-state index >= 15 is 0 Å². The SMILES string of the molecule is COc1cccc2c1nc(N)n1nc(CCS(=O)(=O)c3ccc(F)cc3)nc21. The molecule has 4 rings (SSSR count). The van der Waals surface area contributed by atoms with E-state index in [1.54, 1.807) is 12.1 Å². The third-order valence-corrected chi connectivity index (χ3v) is 6.05. The molecule has 144 valence electrons. The van der Waals surface area contributed by atoms with Crippen LogP contribution in [-0.2, 0) is 16.3 Å². The van der Waals surface area contributed by atoms with Crippen LogP contribution in [0.1, 0.15) is 5.82 Å². The Balaban J connectivity index is 1.69. The smallest absolute Gasteiger partial charge is 0.223 e. The van der Waals surface area contributed by atoms with Crippen molar-refractivity contribution in [1.29, 1.82) is 0 Å². The molecule has 0 fully saturated rings. The zero-order valence-corrected chi connectivity index (χ0v) is 15.6. The number of benzene rings is 2. The number of anilines is 1. The van der Waals surface area contributed by atoms with Gasteiger partial charge >= 0.3 is 0 Å². The van der Waals surface area contributed by atoms with Crippen molar-refractivity contribution in [2.24, 2.45) is 0 Å². The van der Waals surface area contributed by atoms with Crippen molar-refractivity contribution in [2.45, 2.75) is 11.3 Å². The number of nitrogens with two attached hydrogens (primary N) is 1. The Hall–Kier alpha value is -3.27. The molecule has 2 aromatic heterocycles. The van der Waals surface area contributed by atoms with E-state index in [9.17, 15) is 12.8 Å². The van der Waals surface area contributed by atoms with Crippen LogP contribution in [0.4, 0.5) is 10.3 Å². The quantitative estimate of drug-likeness (QED) is 0.509. The van der Waals surface area contributed by atoms with E-state index in [1.165, 1.54) is 23.8 Å². The van der Waals surface area contributed by atoms with Crippen LogP contribution in [0.15, 0.2) is 47.4 Å². The molecule has 0 amide bonds. The summed E-state index contributed by atoms with van der Waals surface area (Å²) in [5, 5.41) is 4.97. The first-order valence-corrected chi connectivity index (χ1v) is 10.0. The zero-order valence-electron chi connectivity index (χ0n) is 14.8. The van der Waals surface area contributed by atoms with Crippen molar-refractivity contribution >= 4 is 32.3 Å². The number of para-hydroxylation sites is 1. The molecule has 0 atom stereocenters.